The Kier molecular flexibility index (Phi) is 4.59. The van der Waals surface area contributed by atoms with Crippen LogP contribution in [0.5, 0.6) is 0 Å². The molecule has 1 saturated heterocycles. The van der Waals surface area contributed by atoms with Gasteiger partial charge in [0.15, 0.2) is 0 Å². The van der Waals surface area contributed by atoms with Crippen LogP contribution in [0.4, 0.5) is 0 Å². The lowest BCUT2D eigenvalue weighted by Gasteiger charge is -2.38. The first-order valence-electron chi connectivity index (χ1n) is 6.60. The first kappa shape index (κ1) is 15.9. The highest BCUT2D eigenvalue weighted by molar-refractivity contribution is 9.10. The standard InChI is InChI=1S/C14H20BrNO3S/c1-11-5-6-12(15)9-13(11)20(17,18)16-8-4-7-14(2,10-16)19-3/h5-6,9H,4,7-8,10H2,1-3H3. The number of rotatable bonds is 3. The van der Waals surface area contributed by atoms with E-state index in [1.54, 1.807) is 13.2 Å². The minimum Gasteiger partial charge on any atom is -0.377 e. The van der Waals surface area contributed by atoms with Gasteiger partial charge in [0.2, 0.25) is 10.0 Å². The second-order valence-corrected chi connectivity index (χ2v) is 8.33. The fourth-order valence-corrected chi connectivity index (χ4v) is 4.88. The molecular formula is C14H20BrNO3S. The van der Waals surface area contributed by atoms with Gasteiger partial charge < -0.3 is 4.74 Å². The Morgan fingerprint density at radius 2 is 2.10 bits per heavy atom. The number of methoxy groups -OCH3 is 1. The molecule has 20 heavy (non-hydrogen) atoms. The highest BCUT2D eigenvalue weighted by atomic mass is 79.9. The van der Waals surface area contributed by atoms with Crippen LogP contribution in [0.15, 0.2) is 27.6 Å². The van der Waals surface area contributed by atoms with E-state index in [1.165, 1.54) is 4.31 Å². The molecule has 1 aromatic carbocycles. The zero-order valence-electron chi connectivity index (χ0n) is 12.0. The van der Waals surface area contributed by atoms with Crippen LogP contribution >= 0.6 is 15.9 Å². The quantitative estimate of drug-likeness (QED) is 0.831. The highest BCUT2D eigenvalue weighted by Crippen LogP contribution is 2.30. The van der Waals surface area contributed by atoms with Crippen molar-refractivity contribution in [2.24, 2.45) is 0 Å². The van der Waals surface area contributed by atoms with Gasteiger partial charge in [-0.2, -0.15) is 4.31 Å². The zero-order chi connectivity index (χ0) is 15.0. The van der Waals surface area contributed by atoms with Crippen LogP contribution in [0.3, 0.4) is 0 Å². The lowest BCUT2D eigenvalue weighted by Crippen LogP contribution is -2.49. The molecule has 1 atom stereocenters. The number of hydrogen-bond donors (Lipinski definition) is 0. The van der Waals surface area contributed by atoms with Crippen LogP contribution in [-0.2, 0) is 14.8 Å². The second kappa shape index (κ2) is 5.75. The summed E-state index contributed by atoms with van der Waals surface area (Å²) in [5.74, 6) is 0. The lowest BCUT2D eigenvalue weighted by atomic mass is 9.96. The van der Waals surface area contributed by atoms with Gasteiger partial charge in [0.1, 0.15) is 0 Å². The number of aryl methyl sites for hydroxylation is 1. The van der Waals surface area contributed by atoms with E-state index < -0.39 is 15.6 Å². The molecule has 0 radical (unpaired) electrons. The minimum absolute atomic E-state index is 0.368. The van der Waals surface area contributed by atoms with Crippen LogP contribution in [0, 0.1) is 6.92 Å². The first-order valence-corrected chi connectivity index (χ1v) is 8.83. The Hall–Kier alpha value is -0.430. The van der Waals surface area contributed by atoms with Crippen molar-refractivity contribution in [1.82, 2.24) is 4.31 Å². The molecule has 112 valence electrons. The van der Waals surface area contributed by atoms with E-state index in [2.05, 4.69) is 15.9 Å². The molecule has 0 spiro atoms. The maximum absolute atomic E-state index is 12.8. The van der Waals surface area contributed by atoms with Gasteiger partial charge in [-0.15, -0.1) is 0 Å². The fraction of sp³-hybridized carbons (Fsp3) is 0.571. The third-order valence-electron chi connectivity index (χ3n) is 3.88. The topological polar surface area (TPSA) is 46.6 Å². The van der Waals surface area contributed by atoms with Crippen LogP contribution in [-0.4, -0.2) is 38.5 Å². The smallest absolute Gasteiger partial charge is 0.243 e. The van der Waals surface area contributed by atoms with Crippen molar-refractivity contribution in [3.05, 3.63) is 28.2 Å². The monoisotopic (exact) mass is 361 g/mol. The molecule has 1 unspecified atom stereocenters. The van der Waals surface area contributed by atoms with Crippen molar-refractivity contribution in [3.63, 3.8) is 0 Å². The fourth-order valence-electron chi connectivity index (χ4n) is 2.52. The summed E-state index contributed by atoms with van der Waals surface area (Å²) in [6, 6.07) is 5.34. The number of halogens is 1. The van der Waals surface area contributed by atoms with Gasteiger partial charge in [0.05, 0.1) is 10.5 Å². The van der Waals surface area contributed by atoms with Crippen molar-refractivity contribution in [2.45, 2.75) is 37.2 Å². The van der Waals surface area contributed by atoms with Crippen LogP contribution in [0.25, 0.3) is 0 Å². The van der Waals surface area contributed by atoms with Gasteiger partial charge in [-0.1, -0.05) is 22.0 Å². The SMILES string of the molecule is COC1(C)CCCN(S(=O)(=O)c2cc(Br)ccc2C)C1. The number of nitrogens with zero attached hydrogens (tertiary/aromatic N) is 1. The molecule has 0 N–H and O–H groups in total. The maximum Gasteiger partial charge on any atom is 0.243 e. The summed E-state index contributed by atoms with van der Waals surface area (Å²) in [4.78, 5) is 0.368. The molecule has 1 aromatic rings. The van der Waals surface area contributed by atoms with Crippen molar-refractivity contribution in [1.29, 1.82) is 0 Å². The van der Waals surface area contributed by atoms with Gasteiger partial charge in [-0.05, 0) is 44.4 Å². The third-order valence-corrected chi connectivity index (χ3v) is 6.37. The Morgan fingerprint density at radius 3 is 2.75 bits per heavy atom. The van der Waals surface area contributed by atoms with Gasteiger partial charge in [-0.25, -0.2) is 8.42 Å². The average Bonchev–Trinajstić information content (AvgIpc) is 2.41. The van der Waals surface area contributed by atoms with Gasteiger partial charge in [0.25, 0.3) is 0 Å². The molecule has 1 aliphatic heterocycles. The van der Waals surface area contributed by atoms with Crippen molar-refractivity contribution in [3.8, 4) is 0 Å². The number of sulfonamides is 1. The average molecular weight is 362 g/mol. The Morgan fingerprint density at radius 1 is 1.40 bits per heavy atom. The molecular weight excluding hydrogens is 342 g/mol. The normalized spacial score (nSPS) is 24.8. The molecule has 0 aromatic heterocycles. The maximum atomic E-state index is 12.8. The zero-order valence-corrected chi connectivity index (χ0v) is 14.4. The Bertz CT molecular complexity index is 602. The van der Waals surface area contributed by atoms with E-state index in [0.717, 1.165) is 22.9 Å². The van der Waals surface area contributed by atoms with E-state index in [0.29, 0.717) is 18.0 Å². The largest absolute Gasteiger partial charge is 0.377 e. The molecule has 0 bridgehead atoms. The van der Waals surface area contributed by atoms with E-state index in [1.807, 2.05) is 26.0 Å². The van der Waals surface area contributed by atoms with Gasteiger partial charge >= 0.3 is 0 Å². The van der Waals surface area contributed by atoms with E-state index in [4.69, 9.17) is 4.74 Å². The molecule has 1 fully saturated rings. The second-order valence-electron chi connectivity index (χ2n) is 5.51. The summed E-state index contributed by atoms with van der Waals surface area (Å²) in [7, 11) is -1.83. The van der Waals surface area contributed by atoms with Crippen LogP contribution in [0.2, 0.25) is 0 Å². The Labute approximate surface area is 129 Å². The number of benzene rings is 1. The molecule has 4 nitrogen and oxygen atoms in total. The predicted octanol–water partition coefficient (Wildman–Crippen LogP) is 2.95. The molecule has 6 heteroatoms. The van der Waals surface area contributed by atoms with Crippen LogP contribution < -0.4 is 0 Å². The molecule has 0 amide bonds. The van der Waals surface area contributed by atoms with Gasteiger partial charge in [-0.3, -0.25) is 0 Å². The highest BCUT2D eigenvalue weighted by Gasteiger charge is 2.37. The molecule has 1 aliphatic rings. The molecule has 1 heterocycles. The van der Waals surface area contributed by atoms with Crippen molar-refractivity contribution >= 4 is 26.0 Å². The predicted molar refractivity (Wildman–Crippen MR) is 82.3 cm³/mol. The third kappa shape index (κ3) is 3.08. The summed E-state index contributed by atoms with van der Waals surface area (Å²) < 4.78 is 33.4. The summed E-state index contributed by atoms with van der Waals surface area (Å²) in [6.07, 6.45) is 1.70. The van der Waals surface area contributed by atoms with Crippen molar-refractivity contribution in [2.75, 3.05) is 20.2 Å². The molecule has 2 rings (SSSR count). The minimum atomic E-state index is -3.47. The molecule has 0 aliphatic carbocycles. The number of ether oxygens (including phenoxy) is 1. The summed E-state index contributed by atoms with van der Waals surface area (Å²) in [5.41, 5.74) is 0.364. The lowest BCUT2D eigenvalue weighted by molar-refractivity contribution is -0.0319. The summed E-state index contributed by atoms with van der Waals surface area (Å²) in [6.45, 7) is 4.73. The van der Waals surface area contributed by atoms with E-state index >= 15 is 0 Å². The number of hydrogen-bond acceptors (Lipinski definition) is 3. The van der Waals surface area contributed by atoms with Crippen LogP contribution in [0.1, 0.15) is 25.3 Å². The van der Waals surface area contributed by atoms with Crippen molar-refractivity contribution < 1.29 is 13.2 Å². The Balaban J connectivity index is 2.37. The van der Waals surface area contributed by atoms with E-state index in [9.17, 15) is 8.42 Å². The molecule has 0 saturated carbocycles. The summed E-state index contributed by atoms with van der Waals surface area (Å²) >= 11 is 3.34. The van der Waals surface area contributed by atoms with E-state index in [-0.39, 0.29) is 0 Å². The first-order chi connectivity index (χ1) is 9.28. The van der Waals surface area contributed by atoms with Gasteiger partial charge in [0, 0.05) is 24.7 Å². The number of piperidine rings is 1. The summed E-state index contributed by atoms with van der Waals surface area (Å²) in [5, 5.41) is 0.